The highest BCUT2D eigenvalue weighted by Crippen LogP contribution is 2.41. The Kier molecular flexibility index (Phi) is 6.38. The third-order valence-corrected chi connectivity index (χ3v) is 8.99. The molecule has 0 N–H and O–H groups in total. The summed E-state index contributed by atoms with van der Waals surface area (Å²) >= 11 is 0. The maximum atomic E-state index is 6.76. The molecular weight excluding hydrogens is 532 g/mol. The minimum atomic E-state index is 0.935. The Morgan fingerprint density at radius 2 is 1.09 bits per heavy atom. The molecule has 0 spiro atoms. The summed E-state index contributed by atoms with van der Waals surface area (Å²) < 4.78 is 6.76. The van der Waals surface area contributed by atoms with Crippen LogP contribution in [0.25, 0.3) is 82.1 Å². The molecule has 0 atom stereocenters. The summed E-state index contributed by atoms with van der Waals surface area (Å²) in [6.07, 6.45) is 7.31. The first-order valence-electron chi connectivity index (χ1n) is 15.5. The largest absolute Gasteiger partial charge is 0.455 e. The molecule has 0 saturated heterocycles. The lowest BCUT2D eigenvalue weighted by Crippen LogP contribution is -1.86. The van der Waals surface area contributed by atoms with Crippen LogP contribution in [-0.2, 0) is 0 Å². The van der Waals surface area contributed by atoms with Crippen LogP contribution in [0, 0.1) is 0 Å². The maximum Gasteiger partial charge on any atom is 0.143 e. The molecular formula is C43H32O. The lowest BCUT2D eigenvalue weighted by atomic mass is 9.91. The summed E-state index contributed by atoms with van der Waals surface area (Å²) in [5.74, 6) is 0. The van der Waals surface area contributed by atoms with E-state index in [4.69, 9.17) is 4.42 Å². The fourth-order valence-electron chi connectivity index (χ4n) is 6.86. The number of benzene rings is 7. The van der Waals surface area contributed by atoms with E-state index < -0.39 is 0 Å². The third kappa shape index (κ3) is 4.16. The Labute approximate surface area is 257 Å². The average molecular weight is 565 g/mol. The minimum Gasteiger partial charge on any atom is -0.455 e. The second kappa shape index (κ2) is 10.7. The fraction of sp³-hybridized carbons (Fsp3) is 0.0698. The Morgan fingerprint density at radius 1 is 0.523 bits per heavy atom. The summed E-state index contributed by atoms with van der Waals surface area (Å²) in [6.45, 7) is 4.25. The highest BCUT2D eigenvalue weighted by molar-refractivity contribution is 6.25. The van der Waals surface area contributed by atoms with Gasteiger partial charge in [-0.2, -0.15) is 0 Å². The summed E-state index contributed by atoms with van der Waals surface area (Å²) in [6, 6.07) is 46.3. The number of hydrogen-bond donors (Lipinski definition) is 0. The van der Waals surface area contributed by atoms with Gasteiger partial charge in [-0.25, -0.2) is 0 Å². The van der Waals surface area contributed by atoms with E-state index in [0.29, 0.717) is 0 Å². The first kappa shape index (κ1) is 26.2. The molecule has 8 aromatic rings. The highest BCUT2D eigenvalue weighted by Gasteiger charge is 2.16. The van der Waals surface area contributed by atoms with Crippen molar-refractivity contribution >= 4 is 59.8 Å². The second-order valence-corrected chi connectivity index (χ2v) is 11.5. The quantitative estimate of drug-likeness (QED) is 0.150. The predicted octanol–water partition coefficient (Wildman–Crippen LogP) is 12.7. The smallest absolute Gasteiger partial charge is 0.143 e. The van der Waals surface area contributed by atoms with Gasteiger partial charge in [0.25, 0.3) is 0 Å². The number of rotatable bonds is 5. The van der Waals surface area contributed by atoms with Crippen molar-refractivity contribution in [3.05, 3.63) is 151 Å². The summed E-state index contributed by atoms with van der Waals surface area (Å²) in [4.78, 5) is 0. The van der Waals surface area contributed by atoms with E-state index in [9.17, 15) is 0 Å². The van der Waals surface area contributed by atoms with Crippen LogP contribution < -0.4 is 0 Å². The van der Waals surface area contributed by atoms with Crippen LogP contribution in [0.3, 0.4) is 0 Å². The maximum absolute atomic E-state index is 6.76. The van der Waals surface area contributed by atoms with E-state index in [-0.39, 0.29) is 0 Å². The van der Waals surface area contributed by atoms with Crippen LogP contribution in [0.4, 0.5) is 0 Å². The molecule has 8 rings (SSSR count). The van der Waals surface area contributed by atoms with Gasteiger partial charge in [0.15, 0.2) is 0 Å². The number of hydrogen-bond acceptors (Lipinski definition) is 1. The van der Waals surface area contributed by atoms with Gasteiger partial charge in [-0.3, -0.25) is 0 Å². The number of fused-ring (bicyclic) bond motifs is 9. The normalized spacial score (nSPS) is 12.5. The lowest BCUT2D eigenvalue weighted by Gasteiger charge is -2.12. The molecule has 44 heavy (non-hydrogen) atoms. The average Bonchev–Trinajstić information content (AvgIpc) is 3.48. The molecule has 0 aliphatic carbocycles. The van der Waals surface area contributed by atoms with E-state index in [1.54, 1.807) is 0 Å². The number of furan rings is 1. The van der Waals surface area contributed by atoms with E-state index in [1.807, 2.05) is 6.92 Å². The van der Waals surface area contributed by atoms with Gasteiger partial charge >= 0.3 is 0 Å². The van der Waals surface area contributed by atoms with Crippen LogP contribution in [0.5, 0.6) is 0 Å². The first-order valence-corrected chi connectivity index (χ1v) is 15.5. The van der Waals surface area contributed by atoms with Gasteiger partial charge in [0.05, 0.1) is 0 Å². The highest BCUT2D eigenvalue weighted by atomic mass is 16.3. The Hall–Kier alpha value is -5.40. The van der Waals surface area contributed by atoms with E-state index >= 15 is 0 Å². The molecule has 1 aromatic heterocycles. The second-order valence-electron chi connectivity index (χ2n) is 11.5. The van der Waals surface area contributed by atoms with Crippen LogP contribution in [0.15, 0.2) is 150 Å². The molecule has 7 aromatic carbocycles. The molecule has 0 bridgehead atoms. The van der Waals surface area contributed by atoms with Crippen LogP contribution >= 0.6 is 0 Å². The van der Waals surface area contributed by atoms with Gasteiger partial charge in [-0.15, -0.1) is 0 Å². The summed E-state index contributed by atoms with van der Waals surface area (Å²) in [5.41, 5.74) is 8.99. The van der Waals surface area contributed by atoms with E-state index in [2.05, 4.69) is 153 Å². The summed E-state index contributed by atoms with van der Waals surface area (Å²) in [5, 5.41) is 10.1. The van der Waals surface area contributed by atoms with Crippen molar-refractivity contribution in [1.82, 2.24) is 0 Å². The van der Waals surface area contributed by atoms with Crippen molar-refractivity contribution < 1.29 is 4.42 Å². The van der Waals surface area contributed by atoms with Crippen molar-refractivity contribution in [3.8, 4) is 22.3 Å². The van der Waals surface area contributed by atoms with Gasteiger partial charge in [-0.1, -0.05) is 140 Å². The molecule has 0 aliphatic rings. The van der Waals surface area contributed by atoms with E-state index in [0.717, 1.165) is 45.0 Å². The number of para-hydroxylation sites is 2. The predicted molar refractivity (Wildman–Crippen MR) is 190 cm³/mol. The standard InChI is InChI=1S/C43H32O/c1-3-5-13-28(4-2)32-20-11-22-39-40-23-12-21-33(43(40)44-42(32)39)31-15-10-14-29(26-31)30-24-25-38-36-18-7-6-16-34(36)35-17-8-9-19-37(35)41(38)27-30/h3,5-27H,4H2,1-2H3. The molecule has 0 unspecified atom stereocenters. The van der Waals surface area contributed by atoms with Gasteiger partial charge in [0, 0.05) is 21.9 Å². The van der Waals surface area contributed by atoms with Crippen LogP contribution in [0.1, 0.15) is 25.8 Å². The van der Waals surface area contributed by atoms with Gasteiger partial charge in [0.1, 0.15) is 11.2 Å². The topological polar surface area (TPSA) is 13.1 Å². The zero-order chi connectivity index (χ0) is 29.6. The van der Waals surface area contributed by atoms with Crippen molar-refractivity contribution in [2.45, 2.75) is 20.3 Å². The first-order chi connectivity index (χ1) is 21.7. The zero-order valence-corrected chi connectivity index (χ0v) is 25.0. The van der Waals surface area contributed by atoms with Gasteiger partial charge in [0.2, 0.25) is 0 Å². The number of allylic oxidation sites excluding steroid dienone is 4. The van der Waals surface area contributed by atoms with Crippen molar-refractivity contribution in [2.75, 3.05) is 0 Å². The van der Waals surface area contributed by atoms with Crippen molar-refractivity contribution in [1.29, 1.82) is 0 Å². The minimum absolute atomic E-state index is 0.935. The molecule has 0 saturated carbocycles. The molecule has 0 radical (unpaired) electrons. The molecule has 1 heterocycles. The SMILES string of the molecule is CC=CC=C(CC)c1cccc2c1oc1c(-c3cccc(-c4ccc5c6ccccc6c6ccccc6c5c4)c3)cccc12. The molecule has 0 fully saturated rings. The zero-order valence-electron chi connectivity index (χ0n) is 25.0. The van der Waals surface area contributed by atoms with Gasteiger partial charge < -0.3 is 4.42 Å². The third-order valence-electron chi connectivity index (χ3n) is 8.99. The Morgan fingerprint density at radius 3 is 1.80 bits per heavy atom. The summed E-state index contributed by atoms with van der Waals surface area (Å²) in [7, 11) is 0. The Bertz CT molecular complexity index is 2400. The molecule has 0 amide bonds. The molecule has 210 valence electrons. The Balaban J connectivity index is 1.30. The monoisotopic (exact) mass is 564 g/mol. The van der Waals surface area contributed by atoms with E-state index in [1.165, 1.54) is 49.0 Å². The molecule has 1 heteroatoms. The molecule has 0 aliphatic heterocycles. The van der Waals surface area contributed by atoms with Crippen LogP contribution in [-0.4, -0.2) is 0 Å². The van der Waals surface area contributed by atoms with Crippen molar-refractivity contribution in [2.24, 2.45) is 0 Å². The van der Waals surface area contributed by atoms with Gasteiger partial charge in [-0.05, 0) is 80.1 Å². The fourth-order valence-corrected chi connectivity index (χ4v) is 6.86. The van der Waals surface area contributed by atoms with Crippen molar-refractivity contribution in [3.63, 3.8) is 0 Å². The molecule has 1 nitrogen and oxygen atoms in total. The van der Waals surface area contributed by atoms with Crippen LogP contribution in [0.2, 0.25) is 0 Å². The lowest BCUT2D eigenvalue weighted by molar-refractivity contribution is 0.668.